The molecule has 0 saturated carbocycles. The number of rotatable bonds is 1. The summed E-state index contributed by atoms with van der Waals surface area (Å²) in [7, 11) is -4.29. The molecule has 0 aliphatic rings. The van der Waals surface area contributed by atoms with E-state index in [2.05, 4.69) is 12.6 Å². The second-order valence-corrected chi connectivity index (χ2v) is 5.19. The molecule has 0 aromatic heterocycles. The lowest BCUT2D eigenvalue weighted by atomic mass is 10.1. The van der Waals surface area contributed by atoms with Crippen LogP contribution in [0, 0.1) is 0 Å². The summed E-state index contributed by atoms with van der Waals surface area (Å²) in [5.74, 6) is -0.0571. The summed E-state index contributed by atoms with van der Waals surface area (Å²) in [5, 5.41) is 10.5. The average molecular weight is 256 g/mol. The van der Waals surface area contributed by atoms with Crippen molar-refractivity contribution < 1.29 is 18.1 Å². The van der Waals surface area contributed by atoms with Gasteiger partial charge < -0.3 is 5.11 Å². The standard InChI is InChI=1S/C10H8O4S2/c11-9-3-1-2-7-8(9)4-6(5-10(7)15)16(12,13)14/h1-5,11,15H,(H,12,13,14). The van der Waals surface area contributed by atoms with E-state index in [1.807, 2.05) is 0 Å². The third kappa shape index (κ3) is 1.87. The largest absolute Gasteiger partial charge is 0.507 e. The third-order valence-corrected chi connectivity index (χ3v) is 3.42. The number of benzene rings is 2. The Kier molecular flexibility index (Phi) is 2.57. The van der Waals surface area contributed by atoms with E-state index in [1.165, 1.54) is 18.2 Å². The monoisotopic (exact) mass is 256 g/mol. The maximum atomic E-state index is 11.0. The van der Waals surface area contributed by atoms with Crippen molar-refractivity contribution in [2.24, 2.45) is 0 Å². The Morgan fingerprint density at radius 1 is 1.12 bits per heavy atom. The van der Waals surface area contributed by atoms with E-state index in [9.17, 15) is 13.5 Å². The fraction of sp³-hybridized carbons (Fsp3) is 0. The molecule has 0 aliphatic heterocycles. The number of phenols is 1. The maximum Gasteiger partial charge on any atom is 0.294 e. The molecule has 0 spiro atoms. The highest BCUT2D eigenvalue weighted by Gasteiger charge is 2.13. The molecule has 16 heavy (non-hydrogen) atoms. The number of hydrogen-bond acceptors (Lipinski definition) is 4. The topological polar surface area (TPSA) is 74.6 Å². The normalized spacial score (nSPS) is 11.9. The van der Waals surface area contributed by atoms with Crippen LogP contribution in [0.2, 0.25) is 0 Å². The van der Waals surface area contributed by atoms with E-state index in [0.717, 1.165) is 0 Å². The van der Waals surface area contributed by atoms with Gasteiger partial charge in [0.2, 0.25) is 0 Å². The summed E-state index contributed by atoms with van der Waals surface area (Å²) in [5.41, 5.74) is 0. The minimum Gasteiger partial charge on any atom is -0.507 e. The fourth-order valence-electron chi connectivity index (χ4n) is 1.47. The van der Waals surface area contributed by atoms with Crippen molar-refractivity contribution >= 4 is 33.5 Å². The van der Waals surface area contributed by atoms with E-state index in [4.69, 9.17) is 4.55 Å². The molecule has 0 fully saturated rings. The molecule has 0 bridgehead atoms. The smallest absolute Gasteiger partial charge is 0.294 e. The molecule has 0 unspecified atom stereocenters. The van der Waals surface area contributed by atoms with Crippen LogP contribution in [0.25, 0.3) is 10.8 Å². The number of fused-ring (bicyclic) bond motifs is 1. The summed E-state index contributed by atoms with van der Waals surface area (Å²) >= 11 is 4.11. The molecule has 2 aromatic rings. The molecule has 4 nitrogen and oxygen atoms in total. The molecule has 6 heteroatoms. The van der Waals surface area contributed by atoms with Gasteiger partial charge in [-0.2, -0.15) is 8.42 Å². The second kappa shape index (κ2) is 3.65. The summed E-state index contributed by atoms with van der Waals surface area (Å²) < 4.78 is 30.9. The van der Waals surface area contributed by atoms with Gasteiger partial charge in [-0.25, -0.2) is 0 Å². The third-order valence-electron chi connectivity index (χ3n) is 2.22. The molecular formula is C10H8O4S2. The molecule has 0 saturated heterocycles. The quantitative estimate of drug-likeness (QED) is 0.539. The van der Waals surface area contributed by atoms with Crippen LogP contribution in [0.1, 0.15) is 0 Å². The summed E-state index contributed by atoms with van der Waals surface area (Å²) in [6.07, 6.45) is 0. The number of phenolic OH excluding ortho intramolecular Hbond substituents is 1. The SMILES string of the molecule is O=S(=O)(O)c1cc(S)c2cccc(O)c2c1. The first kappa shape index (κ1) is 11.3. The molecule has 2 aromatic carbocycles. The van der Waals surface area contributed by atoms with Gasteiger partial charge in [0, 0.05) is 10.3 Å². The van der Waals surface area contributed by atoms with Gasteiger partial charge in [-0.1, -0.05) is 12.1 Å². The van der Waals surface area contributed by atoms with Gasteiger partial charge in [0.05, 0.1) is 4.90 Å². The first-order valence-corrected chi connectivity index (χ1v) is 6.20. The summed E-state index contributed by atoms with van der Waals surface area (Å²) in [4.78, 5) is 0.0903. The van der Waals surface area contributed by atoms with Crippen LogP contribution in [0.4, 0.5) is 0 Å². The van der Waals surface area contributed by atoms with Gasteiger partial charge in [0.25, 0.3) is 10.1 Å². The van der Waals surface area contributed by atoms with Gasteiger partial charge in [0.15, 0.2) is 0 Å². The first-order chi connectivity index (χ1) is 7.39. The first-order valence-electron chi connectivity index (χ1n) is 4.32. The number of hydrogen-bond donors (Lipinski definition) is 3. The fourth-order valence-corrected chi connectivity index (χ4v) is 2.43. The molecule has 84 valence electrons. The lowest BCUT2D eigenvalue weighted by molar-refractivity contribution is 0.480. The van der Waals surface area contributed by atoms with Crippen molar-refractivity contribution in [3.63, 3.8) is 0 Å². The second-order valence-electron chi connectivity index (χ2n) is 3.29. The van der Waals surface area contributed by atoms with Crippen LogP contribution in [-0.4, -0.2) is 18.1 Å². The van der Waals surface area contributed by atoms with Crippen molar-refractivity contribution in [2.45, 2.75) is 9.79 Å². The van der Waals surface area contributed by atoms with E-state index < -0.39 is 10.1 Å². The lowest BCUT2D eigenvalue weighted by Crippen LogP contribution is -1.98. The molecule has 0 radical (unpaired) electrons. The highest BCUT2D eigenvalue weighted by atomic mass is 32.2. The summed E-state index contributed by atoms with van der Waals surface area (Å²) in [6, 6.07) is 7.21. The van der Waals surface area contributed by atoms with Crippen molar-refractivity contribution in [2.75, 3.05) is 0 Å². The van der Waals surface area contributed by atoms with Crippen LogP contribution in [0.15, 0.2) is 40.1 Å². The van der Waals surface area contributed by atoms with Gasteiger partial charge in [-0.3, -0.25) is 4.55 Å². The van der Waals surface area contributed by atoms with Crippen LogP contribution >= 0.6 is 12.6 Å². The van der Waals surface area contributed by atoms with Crippen LogP contribution in [-0.2, 0) is 10.1 Å². The molecule has 0 amide bonds. The van der Waals surface area contributed by atoms with E-state index in [-0.39, 0.29) is 10.6 Å². The van der Waals surface area contributed by atoms with Gasteiger partial charge >= 0.3 is 0 Å². The minimum atomic E-state index is -4.29. The van der Waals surface area contributed by atoms with E-state index in [0.29, 0.717) is 15.7 Å². The highest BCUT2D eigenvalue weighted by Crippen LogP contribution is 2.31. The van der Waals surface area contributed by atoms with Gasteiger partial charge in [0.1, 0.15) is 5.75 Å². The Morgan fingerprint density at radius 3 is 2.44 bits per heavy atom. The predicted molar refractivity (Wildman–Crippen MR) is 62.7 cm³/mol. The van der Waals surface area contributed by atoms with Crippen molar-refractivity contribution in [1.29, 1.82) is 0 Å². The minimum absolute atomic E-state index is 0.0571. The molecule has 0 aliphatic carbocycles. The predicted octanol–water partition coefficient (Wildman–Crippen LogP) is 2.08. The average Bonchev–Trinajstić information content (AvgIpc) is 2.18. The Morgan fingerprint density at radius 2 is 1.81 bits per heavy atom. The highest BCUT2D eigenvalue weighted by molar-refractivity contribution is 7.86. The molecular weight excluding hydrogens is 248 g/mol. The Hall–Kier alpha value is -1.24. The molecule has 0 atom stereocenters. The van der Waals surface area contributed by atoms with Gasteiger partial charge in [-0.15, -0.1) is 12.6 Å². The lowest BCUT2D eigenvalue weighted by Gasteiger charge is -2.05. The Balaban J connectivity index is 2.91. The summed E-state index contributed by atoms with van der Waals surface area (Å²) in [6.45, 7) is 0. The van der Waals surface area contributed by atoms with Crippen LogP contribution < -0.4 is 0 Å². The van der Waals surface area contributed by atoms with Crippen LogP contribution in [0.3, 0.4) is 0 Å². The molecule has 2 N–H and O–H groups in total. The zero-order valence-corrected chi connectivity index (χ0v) is 9.66. The Bertz CT molecular complexity index is 662. The number of thiol groups is 1. The van der Waals surface area contributed by atoms with E-state index in [1.54, 1.807) is 12.1 Å². The zero-order valence-electron chi connectivity index (χ0n) is 7.95. The number of aromatic hydroxyl groups is 1. The maximum absolute atomic E-state index is 11.0. The van der Waals surface area contributed by atoms with Crippen molar-refractivity contribution in [1.82, 2.24) is 0 Å². The zero-order chi connectivity index (χ0) is 11.9. The van der Waals surface area contributed by atoms with Crippen molar-refractivity contribution in [3.8, 4) is 5.75 Å². The molecule has 0 heterocycles. The van der Waals surface area contributed by atoms with Gasteiger partial charge in [-0.05, 0) is 23.6 Å². The van der Waals surface area contributed by atoms with Crippen molar-refractivity contribution in [3.05, 3.63) is 30.3 Å². The Labute approximate surface area is 97.7 Å². The van der Waals surface area contributed by atoms with E-state index >= 15 is 0 Å². The molecule has 2 rings (SSSR count). The van der Waals surface area contributed by atoms with Crippen LogP contribution in [0.5, 0.6) is 5.75 Å².